The van der Waals surface area contributed by atoms with Gasteiger partial charge in [-0.1, -0.05) is 38.5 Å². The van der Waals surface area contributed by atoms with E-state index in [9.17, 15) is 4.79 Å². The van der Waals surface area contributed by atoms with Gasteiger partial charge in [-0.2, -0.15) is 0 Å². The average Bonchev–Trinajstić information content (AvgIpc) is 2.43. The predicted molar refractivity (Wildman–Crippen MR) is 69.6 cm³/mol. The summed E-state index contributed by atoms with van der Waals surface area (Å²) >= 11 is 0. The molecule has 0 aromatic carbocycles. The Kier molecular flexibility index (Phi) is 5.44. The molecule has 0 amide bonds. The maximum atomic E-state index is 11.8. The van der Waals surface area contributed by atoms with Crippen LogP contribution < -0.4 is 5.73 Å². The Morgan fingerprint density at radius 1 is 1.24 bits per heavy atom. The van der Waals surface area contributed by atoms with Gasteiger partial charge in [0.25, 0.3) is 0 Å². The van der Waals surface area contributed by atoms with E-state index in [1.54, 1.807) is 0 Å². The van der Waals surface area contributed by atoms with Gasteiger partial charge in [0.05, 0.1) is 0 Å². The van der Waals surface area contributed by atoms with E-state index < -0.39 is 11.6 Å². The molecule has 0 aromatic heterocycles. The highest BCUT2D eigenvalue weighted by Crippen LogP contribution is 2.26. The van der Waals surface area contributed by atoms with Crippen molar-refractivity contribution in [3.63, 3.8) is 0 Å². The summed E-state index contributed by atoms with van der Waals surface area (Å²) in [5, 5.41) is 0. The molecule has 17 heavy (non-hydrogen) atoms. The second-order valence-electron chi connectivity index (χ2n) is 6.23. The Morgan fingerprint density at radius 3 is 2.24 bits per heavy atom. The van der Waals surface area contributed by atoms with Crippen molar-refractivity contribution in [2.75, 3.05) is 0 Å². The van der Waals surface area contributed by atoms with Crippen LogP contribution in [0, 0.1) is 5.92 Å². The Balaban J connectivity index is 2.36. The number of carbonyl (C=O) groups is 1. The minimum Gasteiger partial charge on any atom is -0.459 e. The summed E-state index contributed by atoms with van der Waals surface area (Å²) in [6.07, 6.45) is 8.45. The maximum absolute atomic E-state index is 11.8. The summed E-state index contributed by atoms with van der Waals surface area (Å²) in [5.41, 5.74) is 5.50. The third-order valence-corrected chi connectivity index (χ3v) is 3.27. The van der Waals surface area contributed by atoms with Crippen molar-refractivity contribution >= 4 is 5.97 Å². The van der Waals surface area contributed by atoms with Crippen molar-refractivity contribution in [3.8, 4) is 0 Å². The van der Waals surface area contributed by atoms with Crippen LogP contribution in [0.3, 0.4) is 0 Å². The van der Waals surface area contributed by atoms with Gasteiger partial charge in [-0.3, -0.25) is 4.79 Å². The fourth-order valence-corrected chi connectivity index (χ4v) is 2.43. The molecule has 1 fully saturated rings. The molecule has 1 saturated carbocycles. The van der Waals surface area contributed by atoms with Gasteiger partial charge >= 0.3 is 5.97 Å². The molecule has 1 rings (SSSR count). The van der Waals surface area contributed by atoms with E-state index in [4.69, 9.17) is 10.5 Å². The Morgan fingerprint density at radius 2 is 1.76 bits per heavy atom. The third kappa shape index (κ3) is 6.06. The van der Waals surface area contributed by atoms with Crippen LogP contribution in [0.5, 0.6) is 0 Å². The normalized spacial score (nSPS) is 20.7. The van der Waals surface area contributed by atoms with Crippen molar-refractivity contribution in [3.05, 3.63) is 0 Å². The van der Waals surface area contributed by atoms with E-state index >= 15 is 0 Å². The molecule has 1 aliphatic rings. The SMILES string of the molecule is CC(C)(C)OC(=O)[C@@H](N)CC1CCCCCC1. The molecular formula is C14H27NO2. The number of hydrogen-bond donors (Lipinski definition) is 1. The molecular weight excluding hydrogens is 214 g/mol. The van der Waals surface area contributed by atoms with Gasteiger partial charge < -0.3 is 10.5 Å². The zero-order valence-electron chi connectivity index (χ0n) is 11.5. The lowest BCUT2D eigenvalue weighted by Crippen LogP contribution is -2.38. The van der Waals surface area contributed by atoms with Crippen molar-refractivity contribution in [1.82, 2.24) is 0 Å². The first-order valence-electron chi connectivity index (χ1n) is 6.87. The van der Waals surface area contributed by atoms with Gasteiger partial charge in [-0.25, -0.2) is 0 Å². The number of rotatable bonds is 3. The highest BCUT2D eigenvalue weighted by atomic mass is 16.6. The van der Waals surface area contributed by atoms with Gasteiger partial charge in [0, 0.05) is 0 Å². The Labute approximate surface area is 105 Å². The average molecular weight is 241 g/mol. The summed E-state index contributed by atoms with van der Waals surface area (Å²) in [5.74, 6) is 0.363. The standard InChI is InChI=1S/C14H27NO2/c1-14(2,3)17-13(16)12(15)10-11-8-6-4-5-7-9-11/h11-12H,4-10,15H2,1-3H3/t12-/m0/s1. The lowest BCUT2D eigenvalue weighted by molar-refractivity contribution is -0.156. The number of nitrogens with two attached hydrogens (primary N) is 1. The number of hydrogen-bond acceptors (Lipinski definition) is 3. The number of esters is 1. The summed E-state index contributed by atoms with van der Waals surface area (Å²) < 4.78 is 5.31. The van der Waals surface area contributed by atoms with Crippen LogP contribution in [0.2, 0.25) is 0 Å². The molecule has 1 atom stereocenters. The fraction of sp³-hybridized carbons (Fsp3) is 0.929. The minimum absolute atomic E-state index is 0.248. The van der Waals surface area contributed by atoms with Crippen LogP contribution in [-0.2, 0) is 9.53 Å². The molecule has 3 nitrogen and oxygen atoms in total. The summed E-state index contributed by atoms with van der Waals surface area (Å²) in [7, 11) is 0. The van der Waals surface area contributed by atoms with Crippen LogP contribution in [0.4, 0.5) is 0 Å². The van der Waals surface area contributed by atoms with Crippen LogP contribution in [-0.4, -0.2) is 17.6 Å². The topological polar surface area (TPSA) is 52.3 Å². The lowest BCUT2D eigenvalue weighted by atomic mass is 9.93. The summed E-state index contributed by atoms with van der Waals surface area (Å²) in [4.78, 5) is 11.8. The van der Waals surface area contributed by atoms with Crippen LogP contribution >= 0.6 is 0 Å². The third-order valence-electron chi connectivity index (χ3n) is 3.27. The van der Waals surface area contributed by atoms with Crippen LogP contribution in [0.25, 0.3) is 0 Å². The lowest BCUT2D eigenvalue weighted by Gasteiger charge is -2.24. The highest BCUT2D eigenvalue weighted by Gasteiger charge is 2.25. The van der Waals surface area contributed by atoms with Crippen LogP contribution in [0.15, 0.2) is 0 Å². The second-order valence-corrected chi connectivity index (χ2v) is 6.23. The van der Waals surface area contributed by atoms with E-state index in [0.717, 1.165) is 6.42 Å². The van der Waals surface area contributed by atoms with E-state index in [1.807, 2.05) is 20.8 Å². The molecule has 0 radical (unpaired) electrons. The first-order chi connectivity index (χ1) is 7.88. The first-order valence-corrected chi connectivity index (χ1v) is 6.87. The molecule has 0 unspecified atom stereocenters. The van der Waals surface area contributed by atoms with Gasteiger partial charge in [-0.05, 0) is 33.1 Å². The monoisotopic (exact) mass is 241 g/mol. The molecule has 0 aliphatic heterocycles. The van der Waals surface area contributed by atoms with Gasteiger partial charge in [0.15, 0.2) is 0 Å². The molecule has 0 aromatic rings. The van der Waals surface area contributed by atoms with Crippen molar-refractivity contribution in [2.45, 2.75) is 77.4 Å². The van der Waals surface area contributed by atoms with Gasteiger partial charge in [-0.15, -0.1) is 0 Å². The largest absolute Gasteiger partial charge is 0.459 e. The van der Waals surface area contributed by atoms with Crippen LogP contribution in [0.1, 0.15) is 65.7 Å². The Bertz CT molecular complexity index is 237. The molecule has 0 spiro atoms. The van der Waals surface area contributed by atoms with Crippen molar-refractivity contribution in [1.29, 1.82) is 0 Å². The fourth-order valence-electron chi connectivity index (χ4n) is 2.43. The Hall–Kier alpha value is -0.570. The summed E-state index contributed by atoms with van der Waals surface area (Å²) in [6.45, 7) is 5.63. The summed E-state index contributed by atoms with van der Waals surface area (Å²) in [6, 6.07) is -0.447. The highest BCUT2D eigenvalue weighted by molar-refractivity contribution is 5.75. The zero-order chi connectivity index (χ0) is 12.9. The van der Waals surface area contributed by atoms with E-state index in [0.29, 0.717) is 5.92 Å². The molecule has 100 valence electrons. The van der Waals surface area contributed by atoms with E-state index in [2.05, 4.69) is 0 Å². The number of ether oxygens (including phenoxy) is 1. The molecule has 0 saturated heterocycles. The molecule has 0 heterocycles. The molecule has 1 aliphatic carbocycles. The van der Waals surface area contributed by atoms with Crippen molar-refractivity contribution in [2.24, 2.45) is 11.7 Å². The van der Waals surface area contributed by atoms with E-state index in [1.165, 1.54) is 38.5 Å². The molecule has 0 bridgehead atoms. The van der Waals surface area contributed by atoms with Crippen molar-refractivity contribution < 1.29 is 9.53 Å². The molecule has 3 heteroatoms. The predicted octanol–water partition coefficient (Wildman–Crippen LogP) is 3.02. The number of carbonyl (C=O) groups excluding carboxylic acids is 1. The van der Waals surface area contributed by atoms with Gasteiger partial charge in [0.1, 0.15) is 11.6 Å². The quantitative estimate of drug-likeness (QED) is 0.610. The van der Waals surface area contributed by atoms with E-state index in [-0.39, 0.29) is 5.97 Å². The molecule has 2 N–H and O–H groups in total. The first kappa shape index (κ1) is 14.5. The second kappa shape index (κ2) is 6.39. The zero-order valence-corrected chi connectivity index (χ0v) is 11.5. The van der Waals surface area contributed by atoms with Gasteiger partial charge in [0.2, 0.25) is 0 Å². The smallest absolute Gasteiger partial charge is 0.323 e. The maximum Gasteiger partial charge on any atom is 0.323 e. The minimum atomic E-state index is -0.447.